The molecule has 1 aromatic carbocycles. The molecule has 1 atom stereocenters. The fourth-order valence-electron chi connectivity index (χ4n) is 2.77. The number of rotatable bonds is 3. The second kappa shape index (κ2) is 6.20. The Balaban J connectivity index is 2.15. The van der Waals surface area contributed by atoms with Crippen molar-refractivity contribution in [2.45, 2.75) is 32.5 Å². The average Bonchev–Trinajstić information content (AvgIpc) is 2.91. The Kier molecular flexibility index (Phi) is 4.31. The second-order valence-electron chi connectivity index (χ2n) is 5.83. The Morgan fingerprint density at radius 2 is 2.04 bits per heavy atom. The van der Waals surface area contributed by atoms with Crippen molar-refractivity contribution >= 4 is 5.52 Å². The molecule has 0 saturated heterocycles. The zero-order chi connectivity index (χ0) is 19.2. The third-order valence-electron chi connectivity index (χ3n) is 4.05. The number of hydrogen-bond donors (Lipinski definition) is 2. The van der Waals surface area contributed by atoms with E-state index in [9.17, 15) is 27.5 Å². The van der Waals surface area contributed by atoms with Crippen molar-refractivity contribution in [2.24, 2.45) is 0 Å². The van der Waals surface area contributed by atoms with E-state index < -0.39 is 35.6 Å². The largest absolute Gasteiger partial charge is 0.419 e. The van der Waals surface area contributed by atoms with Gasteiger partial charge < -0.3 is 10.1 Å². The highest BCUT2D eigenvalue weighted by Gasteiger charge is 2.34. The zero-order valence-electron chi connectivity index (χ0n) is 13.7. The number of alkyl halides is 3. The molecule has 0 amide bonds. The van der Waals surface area contributed by atoms with E-state index in [-0.39, 0.29) is 28.4 Å². The molecule has 2 aromatic heterocycles. The molecular weight excluding hydrogens is 356 g/mol. The molecule has 0 spiro atoms. The minimum atomic E-state index is -4.79. The van der Waals surface area contributed by atoms with Crippen LogP contribution in [0, 0.1) is 12.7 Å². The molecule has 10 heteroatoms. The summed E-state index contributed by atoms with van der Waals surface area (Å²) in [6, 6.07) is 2.60. The summed E-state index contributed by atoms with van der Waals surface area (Å²) in [5.74, 6) is -1.57. The molecule has 2 heterocycles. The standard InChI is InChI=1S/C16H14F4N4O2/c1-7(9-3-4-10(11(17)5-9)16(18,19)20)14-22-12(6-25)13-15(26)21-8(2)23-24(13)14/h3-5,7,25H,6H2,1-2H3,(H,21,23,26)/t7-/m1/s1. The molecule has 0 fully saturated rings. The van der Waals surface area contributed by atoms with Crippen molar-refractivity contribution in [3.8, 4) is 0 Å². The Bertz CT molecular complexity index is 1040. The summed E-state index contributed by atoms with van der Waals surface area (Å²) in [7, 11) is 0. The van der Waals surface area contributed by atoms with Gasteiger partial charge in [-0.05, 0) is 24.6 Å². The van der Waals surface area contributed by atoms with Crippen molar-refractivity contribution in [1.82, 2.24) is 19.6 Å². The van der Waals surface area contributed by atoms with Crippen molar-refractivity contribution in [1.29, 1.82) is 0 Å². The maximum Gasteiger partial charge on any atom is 0.419 e. The van der Waals surface area contributed by atoms with E-state index in [1.54, 1.807) is 13.8 Å². The third-order valence-corrected chi connectivity index (χ3v) is 4.05. The lowest BCUT2D eigenvalue weighted by atomic mass is 9.98. The Morgan fingerprint density at radius 1 is 1.35 bits per heavy atom. The fraction of sp³-hybridized carbons (Fsp3) is 0.312. The number of benzene rings is 1. The molecule has 3 aromatic rings. The number of hydrogen-bond acceptors (Lipinski definition) is 4. The average molecular weight is 370 g/mol. The van der Waals surface area contributed by atoms with Gasteiger partial charge in [-0.3, -0.25) is 4.79 Å². The molecule has 6 nitrogen and oxygen atoms in total. The molecule has 0 bridgehead atoms. The van der Waals surface area contributed by atoms with Crippen LogP contribution in [-0.2, 0) is 12.8 Å². The van der Waals surface area contributed by atoms with Gasteiger partial charge in [-0.15, -0.1) is 0 Å². The van der Waals surface area contributed by atoms with Gasteiger partial charge in [0.1, 0.15) is 17.5 Å². The Morgan fingerprint density at radius 3 is 2.62 bits per heavy atom. The van der Waals surface area contributed by atoms with Gasteiger partial charge in [0.25, 0.3) is 5.56 Å². The van der Waals surface area contributed by atoms with Crippen molar-refractivity contribution < 1.29 is 22.7 Å². The van der Waals surface area contributed by atoms with E-state index in [1.807, 2.05) is 0 Å². The molecule has 0 aliphatic rings. The number of halogens is 4. The summed E-state index contributed by atoms with van der Waals surface area (Å²) in [5.41, 5.74) is -1.53. The van der Waals surface area contributed by atoms with Crippen LogP contribution in [0.5, 0.6) is 0 Å². The number of nitrogens with one attached hydrogen (secondary N) is 1. The number of H-pyrrole nitrogens is 1. The predicted octanol–water partition coefficient (Wildman–Crippen LogP) is 2.53. The van der Waals surface area contributed by atoms with E-state index in [4.69, 9.17) is 0 Å². The lowest BCUT2D eigenvalue weighted by molar-refractivity contribution is -0.140. The number of aromatic amines is 1. The van der Waals surface area contributed by atoms with Gasteiger partial charge in [0, 0.05) is 5.92 Å². The van der Waals surface area contributed by atoms with E-state index >= 15 is 0 Å². The lowest BCUT2D eigenvalue weighted by Gasteiger charge is -2.13. The highest BCUT2D eigenvalue weighted by molar-refractivity contribution is 5.51. The monoisotopic (exact) mass is 370 g/mol. The highest BCUT2D eigenvalue weighted by atomic mass is 19.4. The van der Waals surface area contributed by atoms with Gasteiger partial charge in [-0.25, -0.2) is 13.9 Å². The number of nitrogens with zero attached hydrogens (tertiary/aromatic N) is 3. The normalized spacial score (nSPS) is 13.3. The van der Waals surface area contributed by atoms with E-state index in [0.29, 0.717) is 6.07 Å². The zero-order valence-corrected chi connectivity index (χ0v) is 13.7. The number of aryl methyl sites for hydroxylation is 1. The summed E-state index contributed by atoms with van der Waals surface area (Å²) >= 11 is 0. The number of aliphatic hydroxyl groups is 1. The van der Waals surface area contributed by atoms with Gasteiger partial charge in [0.05, 0.1) is 17.9 Å². The van der Waals surface area contributed by atoms with Gasteiger partial charge in [-0.2, -0.15) is 18.3 Å². The molecule has 3 rings (SSSR count). The number of aromatic nitrogens is 4. The molecular formula is C16H14F4N4O2. The molecule has 0 aliphatic heterocycles. The van der Waals surface area contributed by atoms with E-state index in [2.05, 4.69) is 15.1 Å². The van der Waals surface area contributed by atoms with Gasteiger partial charge in [0.15, 0.2) is 5.52 Å². The molecule has 138 valence electrons. The SMILES string of the molecule is Cc1nn2c([C@H](C)c3ccc(C(F)(F)F)c(F)c3)nc(CO)c2c(=O)[nH]1. The maximum atomic E-state index is 13.9. The second-order valence-corrected chi connectivity index (χ2v) is 5.83. The molecule has 0 saturated carbocycles. The summed E-state index contributed by atoms with van der Waals surface area (Å²) in [6.45, 7) is 2.62. The molecule has 0 radical (unpaired) electrons. The third kappa shape index (κ3) is 2.96. The molecule has 0 unspecified atom stereocenters. The first-order chi connectivity index (χ1) is 12.1. The quantitative estimate of drug-likeness (QED) is 0.694. The summed E-state index contributed by atoms with van der Waals surface area (Å²) in [5, 5.41) is 13.6. The van der Waals surface area contributed by atoms with Crippen LogP contribution in [0.15, 0.2) is 23.0 Å². The van der Waals surface area contributed by atoms with Gasteiger partial charge >= 0.3 is 6.18 Å². The van der Waals surface area contributed by atoms with Crippen LogP contribution in [0.2, 0.25) is 0 Å². The van der Waals surface area contributed by atoms with Crippen molar-refractivity contribution in [2.75, 3.05) is 0 Å². The predicted molar refractivity (Wildman–Crippen MR) is 83.2 cm³/mol. The molecule has 2 N–H and O–H groups in total. The highest BCUT2D eigenvalue weighted by Crippen LogP contribution is 2.33. The minimum absolute atomic E-state index is 0.0346. The lowest BCUT2D eigenvalue weighted by Crippen LogP contribution is -2.17. The summed E-state index contributed by atoms with van der Waals surface area (Å²) in [6.07, 6.45) is -4.79. The van der Waals surface area contributed by atoms with Crippen LogP contribution in [0.3, 0.4) is 0 Å². The van der Waals surface area contributed by atoms with E-state index in [0.717, 1.165) is 12.1 Å². The van der Waals surface area contributed by atoms with Gasteiger partial charge in [-0.1, -0.05) is 13.0 Å². The van der Waals surface area contributed by atoms with Crippen LogP contribution in [0.1, 0.15) is 41.3 Å². The maximum absolute atomic E-state index is 13.9. The molecule has 26 heavy (non-hydrogen) atoms. The molecule has 0 aliphatic carbocycles. The van der Waals surface area contributed by atoms with Crippen LogP contribution >= 0.6 is 0 Å². The summed E-state index contributed by atoms with van der Waals surface area (Å²) < 4.78 is 53.3. The first-order valence-corrected chi connectivity index (χ1v) is 7.59. The van der Waals surface area contributed by atoms with Gasteiger partial charge in [0.2, 0.25) is 0 Å². The first-order valence-electron chi connectivity index (χ1n) is 7.59. The minimum Gasteiger partial charge on any atom is -0.390 e. The Hall–Kier alpha value is -2.75. The first kappa shape index (κ1) is 18.1. The van der Waals surface area contributed by atoms with E-state index in [1.165, 1.54) is 4.52 Å². The van der Waals surface area contributed by atoms with Crippen LogP contribution in [0.25, 0.3) is 5.52 Å². The topological polar surface area (TPSA) is 83.3 Å². The smallest absolute Gasteiger partial charge is 0.390 e. The van der Waals surface area contributed by atoms with Crippen LogP contribution in [0.4, 0.5) is 17.6 Å². The van der Waals surface area contributed by atoms with Crippen molar-refractivity contribution in [3.63, 3.8) is 0 Å². The van der Waals surface area contributed by atoms with Crippen LogP contribution in [-0.4, -0.2) is 24.7 Å². The fourth-order valence-corrected chi connectivity index (χ4v) is 2.77. The van der Waals surface area contributed by atoms with Crippen molar-refractivity contribution in [3.05, 3.63) is 62.8 Å². The van der Waals surface area contributed by atoms with Crippen LogP contribution < -0.4 is 5.56 Å². The number of imidazole rings is 1. The number of fused-ring (bicyclic) bond motifs is 1. The summed E-state index contributed by atoms with van der Waals surface area (Å²) in [4.78, 5) is 18.8. The Labute approximate surface area is 144 Å². The number of aliphatic hydroxyl groups excluding tert-OH is 1.